The van der Waals surface area contributed by atoms with Crippen molar-refractivity contribution in [2.24, 2.45) is 0 Å². The van der Waals surface area contributed by atoms with Gasteiger partial charge in [-0.2, -0.15) is 0 Å². The van der Waals surface area contributed by atoms with Crippen molar-refractivity contribution in [1.29, 1.82) is 0 Å². The summed E-state index contributed by atoms with van der Waals surface area (Å²) >= 11 is 0. The number of hydrogen-bond donors (Lipinski definition) is 0. The molecule has 4 nitrogen and oxygen atoms in total. The highest BCUT2D eigenvalue weighted by Crippen LogP contribution is 2.02. The summed E-state index contributed by atoms with van der Waals surface area (Å²) in [4.78, 5) is 10.9. The van der Waals surface area contributed by atoms with Gasteiger partial charge in [0.05, 0.1) is 0 Å². The van der Waals surface area contributed by atoms with Gasteiger partial charge in [0.15, 0.2) is 0 Å². The molecular formula is C9H18O4Si. The molecule has 0 fully saturated rings. The predicted octanol–water partition coefficient (Wildman–Crippen LogP) is 1.28. The van der Waals surface area contributed by atoms with Crippen LogP contribution in [0.25, 0.3) is 0 Å². The molecule has 82 valence electrons. The lowest BCUT2D eigenvalue weighted by molar-refractivity contribution is -0.133. The van der Waals surface area contributed by atoms with Crippen molar-refractivity contribution in [3.8, 4) is 0 Å². The molecule has 0 saturated heterocycles. The molecule has 14 heavy (non-hydrogen) atoms. The van der Waals surface area contributed by atoms with Gasteiger partial charge in [0.1, 0.15) is 0 Å². The van der Waals surface area contributed by atoms with E-state index < -0.39 is 15.5 Å². The van der Waals surface area contributed by atoms with Crippen molar-refractivity contribution >= 4 is 15.5 Å². The van der Waals surface area contributed by atoms with Crippen LogP contribution in [0, 0.1) is 0 Å². The SMILES string of the molecule is C=CC(=O)O[SiH](OC(C)C)OC(C)C. The molecule has 0 saturated carbocycles. The molecular weight excluding hydrogens is 200 g/mol. The third kappa shape index (κ3) is 6.82. The van der Waals surface area contributed by atoms with Crippen LogP contribution >= 0.6 is 0 Å². The summed E-state index contributed by atoms with van der Waals surface area (Å²) in [7, 11) is -2.35. The Bertz CT molecular complexity index is 181. The molecule has 0 atom stereocenters. The summed E-state index contributed by atoms with van der Waals surface area (Å²) in [5, 5.41) is 0. The third-order valence-corrected chi connectivity index (χ3v) is 3.10. The molecule has 5 heteroatoms. The fourth-order valence-corrected chi connectivity index (χ4v) is 2.03. The van der Waals surface area contributed by atoms with Gasteiger partial charge >= 0.3 is 15.5 Å². The van der Waals surface area contributed by atoms with E-state index in [-0.39, 0.29) is 12.2 Å². The van der Waals surface area contributed by atoms with Crippen LogP contribution in [0.4, 0.5) is 0 Å². The van der Waals surface area contributed by atoms with Crippen LogP contribution in [0.15, 0.2) is 12.7 Å². The maximum atomic E-state index is 10.9. The zero-order chi connectivity index (χ0) is 11.1. The first-order chi connectivity index (χ1) is 6.45. The quantitative estimate of drug-likeness (QED) is 0.497. The van der Waals surface area contributed by atoms with Crippen molar-refractivity contribution in [2.75, 3.05) is 0 Å². The Kier molecular flexibility index (Phi) is 6.43. The van der Waals surface area contributed by atoms with Gasteiger partial charge in [-0.1, -0.05) is 6.58 Å². The normalized spacial score (nSPS) is 11.1. The second-order valence-electron chi connectivity index (χ2n) is 3.30. The molecule has 0 amide bonds. The molecule has 0 N–H and O–H groups in total. The summed E-state index contributed by atoms with van der Waals surface area (Å²) in [6, 6.07) is 0. The summed E-state index contributed by atoms with van der Waals surface area (Å²) in [6.45, 7) is 10.8. The van der Waals surface area contributed by atoms with E-state index in [0.717, 1.165) is 6.08 Å². The smallest absolute Gasteiger partial charge is 0.472 e. The van der Waals surface area contributed by atoms with E-state index >= 15 is 0 Å². The summed E-state index contributed by atoms with van der Waals surface area (Å²) < 4.78 is 15.7. The maximum absolute atomic E-state index is 10.9. The van der Waals surface area contributed by atoms with Gasteiger partial charge in [-0.15, -0.1) is 0 Å². The molecule has 0 rings (SSSR count). The standard InChI is InChI=1S/C9H18O4Si/c1-6-9(10)13-14(11-7(2)3)12-8(4)5/h6-8,14H,1H2,2-5H3. The Balaban J connectivity index is 4.09. The van der Waals surface area contributed by atoms with Gasteiger partial charge in [-0.25, -0.2) is 4.79 Å². The fraction of sp³-hybridized carbons (Fsp3) is 0.667. The number of carbonyl (C=O) groups is 1. The molecule has 0 bridgehead atoms. The minimum Gasteiger partial charge on any atom is -0.472 e. The molecule has 0 aliphatic heterocycles. The molecule has 0 aliphatic carbocycles. The van der Waals surface area contributed by atoms with Crippen LogP contribution in [0.3, 0.4) is 0 Å². The van der Waals surface area contributed by atoms with Crippen LogP contribution < -0.4 is 0 Å². The van der Waals surface area contributed by atoms with Gasteiger partial charge < -0.3 is 13.3 Å². The van der Waals surface area contributed by atoms with E-state index in [4.69, 9.17) is 13.3 Å². The van der Waals surface area contributed by atoms with Gasteiger partial charge in [0.25, 0.3) is 0 Å². The van der Waals surface area contributed by atoms with Gasteiger partial charge in [0, 0.05) is 18.3 Å². The number of rotatable bonds is 6. The predicted molar refractivity (Wildman–Crippen MR) is 55.9 cm³/mol. The maximum Gasteiger partial charge on any atom is 0.552 e. The highest BCUT2D eigenvalue weighted by Gasteiger charge is 2.22. The number of hydrogen-bond acceptors (Lipinski definition) is 4. The average Bonchev–Trinajstić information content (AvgIpc) is 2.01. The second-order valence-corrected chi connectivity index (χ2v) is 4.66. The molecule has 0 spiro atoms. The van der Waals surface area contributed by atoms with E-state index in [2.05, 4.69) is 6.58 Å². The lowest BCUT2D eigenvalue weighted by Gasteiger charge is -2.19. The van der Waals surface area contributed by atoms with Gasteiger partial charge in [0.2, 0.25) is 0 Å². The molecule has 0 aromatic rings. The largest absolute Gasteiger partial charge is 0.552 e. The minimum absolute atomic E-state index is 0.0111. The summed E-state index contributed by atoms with van der Waals surface area (Å²) in [6.07, 6.45) is 1.08. The monoisotopic (exact) mass is 218 g/mol. The molecule has 0 radical (unpaired) electrons. The summed E-state index contributed by atoms with van der Waals surface area (Å²) in [5.41, 5.74) is 0. The second kappa shape index (κ2) is 6.75. The highest BCUT2D eigenvalue weighted by atomic mass is 28.3. The van der Waals surface area contributed by atoms with Crippen LogP contribution in [0.1, 0.15) is 27.7 Å². The van der Waals surface area contributed by atoms with Crippen molar-refractivity contribution in [1.82, 2.24) is 0 Å². The topological polar surface area (TPSA) is 44.8 Å². The first-order valence-corrected chi connectivity index (χ1v) is 6.01. The van der Waals surface area contributed by atoms with E-state index in [9.17, 15) is 4.79 Å². The lowest BCUT2D eigenvalue weighted by Crippen LogP contribution is -2.34. The Labute approximate surface area is 86.8 Å². The van der Waals surface area contributed by atoms with Crippen molar-refractivity contribution in [3.63, 3.8) is 0 Å². The van der Waals surface area contributed by atoms with E-state index in [0.29, 0.717) is 0 Å². The highest BCUT2D eigenvalue weighted by molar-refractivity contribution is 6.39. The Morgan fingerprint density at radius 1 is 1.21 bits per heavy atom. The molecule has 0 aromatic heterocycles. The van der Waals surface area contributed by atoms with Crippen LogP contribution in [0.2, 0.25) is 0 Å². The average molecular weight is 218 g/mol. The first-order valence-electron chi connectivity index (χ1n) is 4.59. The van der Waals surface area contributed by atoms with Crippen LogP contribution in [0.5, 0.6) is 0 Å². The van der Waals surface area contributed by atoms with E-state index in [1.807, 2.05) is 27.7 Å². The zero-order valence-corrected chi connectivity index (χ0v) is 10.3. The molecule has 0 aliphatic rings. The van der Waals surface area contributed by atoms with Gasteiger partial charge in [-0.3, -0.25) is 0 Å². The number of carbonyl (C=O) groups excluding carboxylic acids is 1. The van der Waals surface area contributed by atoms with E-state index in [1.54, 1.807) is 0 Å². The fourth-order valence-electron chi connectivity index (χ4n) is 0.675. The Morgan fingerprint density at radius 2 is 1.64 bits per heavy atom. The molecule has 0 unspecified atom stereocenters. The first kappa shape index (κ1) is 13.3. The van der Waals surface area contributed by atoms with Crippen molar-refractivity contribution < 1.29 is 18.1 Å². The third-order valence-electron chi connectivity index (χ3n) is 1.15. The van der Waals surface area contributed by atoms with Crippen molar-refractivity contribution in [3.05, 3.63) is 12.7 Å². The van der Waals surface area contributed by atoms with Crippen LogP contribution in [-0.2, 0) is 18.1 Å². The summed E-state index contributed by atoms with van der Waals surface area (Å²) in [5.74, 6) is -0.497. The molecule has 0 aromatic carbocycles. The van der Waals surface area contributed by atoms with E-state index in [1.165, 1.54) is 0 Å². The van der Waals surface area contributed by atoms with Crippen LogP contribution in [-0.4, -0.2) is 27.7 Å². The lowest BCUT2D eigenvalue weighted by atomic mass is 10.5. The van der Waals surface area contributed by atoms with Crippen molar-refractivity contribution in [2.45, 2.75) is 39.9 Å². The zero-order valence-electron chi connectivity index (χ0n) is 9.15. The Hall–Kier alpha value is -0.653. The minimum atomic E-state index is -2.35. The van der Waals surface area contributed by atoms with Gasteiger partial charge in [-0.05, 0) is 27.7 Å². The molecule has 0 heterocycles. The Morgan fingerprint density at radius 3 is 1.93 bits per heavy atom.